The van der Waals surface area contributed by atoms with Crippen LogP contribution in [0, 0.1) is 0 Å². The van der Waals surface area contributed by atoms with E-state index >= 15 is 0 Å². The number of benzene rings is 2. The van der Waals surface area contributed by atoms with Crippen LogP contribution in [0.4, 0.5) is 0 Å². The van der Waals surface area contributed by atoms with Crippen LogP contribution in [0.5, 0.6) is 0 Å². The van der Waals surface area contributed by atoms with Crippen molar-refractivity contribution < 1.29 is 19.5 Å². The summed E-state index contributed by atoms with van der Waals surface area (Å²) in [5, 5.41) is 12.8. The van der Waals surface area contributed by atoms with Crippen LogP contribution in [0.25, 0.3) is 0 Å². The molecule has 0 aromatic heterocycles. The maximum absolute atomic E-state index is 12.3. The van der Waals surface area contributed by atoms with E-state index in [9.17, 15) is 19.5 Å². The highest BCUT2D eigenvalue weighted by molar-refractivity contribution is 8.14. The first-order valence-corrected chi connectivity index (χ1v) is 8.31. The number of carboxylic acids is 1. The molecule has 0 fully saturated rings. The number of thioether (sulfide) groups is 1. The van der Waals surface area contributed by atoms with Gasteiger partial charge in [0.2, 0.25) is 5.12 Å². The molecule has 6 heteroatoms. The lowest BCUT2D eigenvalue weighted by molar-refractivity contribution is -0.301. The van der Waals surface area contributed by atoms with E-state index in [0.29, 0.717) is 17.3 Å². The van der Waals surface area contributed by atoms with Gasteiger partial charge in [-0.3, -0.25) is 9.59 Å². The molecule has 1 N–H and O–H groups in total. The molecule has 0 saturated heterocycles. The Morgan fingerprint density at radius 3 is 2.12 bits per heavy atom. The van der Waals surface area contributed by atoms with Gasteiger partial charge >= 0.3 is 0 Å². The first kappa shape index (κ1) is 17.7. The number of nitrogens with one attached hydrogen (secondary N) is 1. The Hall–Kier alpha value is -2.60. The van der Waals surface area contributed by atoms with Crippen molar-refractivity contribution >= 4 is 28.8 Å². The zero-order valence-corrected chi connectivity index (χ0v) is 13.6. The summed E-state index contributed by atoms with van der Waals surface area (Å²) in [6.07, 6.45) is 0.290. The van der Waals surface area contributed by atoms with Crippen molar-refractivity contribution in [1.82, 2.24) is 5.32 Å². The molecule has 0 aliphatic carbocycles. The quantitative estimate of drug-likeness (QED) is 0.812. The lowest BCUT2D eigenvalue weighted by Crippen LogP contribution is -2.42. The molecule has 0 bridgehead atoms. The predicted octanol–water partition coefficient (Wildman–Crippen LogP) is 1.04. The summed E-state index contributed by atoms with van der Waals surface area (Å²) in [5.41, 5.74) is 1.31. The predicted molar refractivity (Wildman–Crippen MR) is 90.3 cm³/mol. The number of carbonyl (C=O) groups is 3. The van der Waals surface area contributed by atoms with Crippen LogP contribution in [0.2, 0.25) is 0 Å². The van der Waals surface area contributed by atoms with Gasteiger partial charge in [-0.05, 0) is 17.7 Å². The molecule has 0 radical (unpaired) electrons. The van der Waals surface area contributed by atoms with Crippen molar-refractivity contribution in [3.8, 4) is 0 Å². The highest BCUT2D eigenvalue weighted by Crippen LogP contribution is 2.12. The third-order valence-corrected chi connectivity index (χ3v) is 4.19. The van der Waals surface area contributed by atoms with Crippen molar-refractivity contribution in [2.45, 2.75) is 12.5 Å². The molecule has 0 unspecified atom stereocenters. The zero-order valence-electron chi connectivity index (χ0n) is 12.8. The minimum atomic E-state index is -1.32. The van der Waals surface area contributed by atoms with Gasteiger partial charge < -0.3 is 15.2 Å². The Morgan fingerprint density at radius 1 is 0.958 bits per heavy atom. The third kappa shape index (κ3) is 5.55. The van der Waals surface area contributed by atoms with E-state index in [2.05, 4.69) is 5.32 Å². The van der Waals surface area contributed by atoms with Gasteiger partial charge in [-0.2, -0.15) is 0 Å². The molecule has 0 spiro atoms. The standard InChI is InChI=1S/C18H17NO4S/c20-16(21)12-24-18(23)15(11-13-7-3-1-4-8-13)19-17(22)14-9-5-2-6-10-14/h1-10,15H,11-12H2,(H,19,22)(H,20,21)/p-1/t15-/m0/s1. The summed E-state index contributed by atoms with van der Waals surface area (Å²) in [6, 6.07) is 16.9. The Morgan fingerprint density at radius 2 is 1.54 bits per heavy atom. The van der Waals surface area contributed by atoms with Crippen molar-refractivity contribution in [2.75, 3.05) is 5.75 Å². The molecular formula is C18H16NO4S-. The second-order valence-electron chi connectivity index (χ2n) is 5.06. The van der Waals surface area contributed by atoms with Gasteiger partial charge in [0.15, 0.2) is 0 Å². The third-order valence-electron chi connectivity index (χ3n) is 3.24. The fourth-order valence-electron chi connectivity index (χ4n) is 2.10. The second kappa shape index (κ2) is 8.88. The minimum Gasteiger partial charge on any atom is -0.549 e. The summed E-state index contributed by atoms with van der Waals surface area (Å²) < 4.78 is 0. The lowest BCUT2D eigenvalue weighted by atomic mass is 10.1. The van der Waals surface area contributed by atoms with Gasteiger partial charge in [0.1, 0.15) is 6.04 Å². The topological polar surface area (TPSA) is 86.3 Å². The second-order valence-corrected chi connectivity index (χ2v) is 6.04. The van der Waals surface area contributed by atoms with E-state index < -0.39 is 22.9 Å². The molecule has 2 aromatic carbocycles. The maximum Gasteiger partial charge on any atom is 0.251 e. The SMILES string of the molecule is O=C([O-])CSC(=O)[C@H](Cc1ccccc1)NC(=O)c1ccccc1. The smallest absolute Gasteiger partial charge is 0.251 e. The van der Waals surface area contributed by atoms with Gasteiger partial charge in [0.05, 0.1) is 5.97 Å². The molecule has 1 amide bonds. The van der Waals surface area contributed by atoms with Crippen molar-refractivity contribution in [3.63, 3.8) is 0 Å². The maximum atomic E-state index is 12.3. The van der Waals surface area contributed by atoms with Gasteiger partial charge in [0.25, 0.3) is 5.91 Å². The molecule has 0 aliphatic rings. The first-order chi connectivity index (χ1) is 11.6. The summed E-state index contributed by atoms with van der Waals surface area (Å²) in [7, 11) is 0. The van der Waals surface area contributed by atoms with Crippen LogP contribution in [0.3, 0.4) is 0 Å². The Bertz CT molecular complexity index is 703. The van der Waals surface area contributed by atoms with Gasteiger partial charge in [0, 0.05) is 17.7 Å². The van der Waals surface area contributed by atoms with E-state index in [4.69, 9.17) is 0 Å². The monoisotopic (exact) mass is 342 g/mol. The highest BCUT2D eigenvalue weighted by Gasteiger charge is 2.22. The number of carbonyl (C=O) groups excluding carboxylic acids is 3. The largest absolute Gasteiger partial charge is 0.549 e. The number of rotatable bonds is 7. The molecular weight excluding hydrogens is 326 g/mol. The normalized spacial score (nSPS) is 11.5. The van der Waals surface area contributed by atoms with Crippen LogP contribution in [0.15, 0.2) is 60.7 Å². The van der Waals surface area contributed by atoms with Crippen LogP contribution in [-0.2, 0) is 16.0 Å². The van der Waals surface area contributed by atoms with Gasteiger partial charge in [-0.25, -0.2) is 0 Å². The summed E-state index contributed by atoms with van der Waals surface area (Å²) in [6.45, 7) is 0. The van der Waals surface area contributed by atoms with E-state index in [-0.39, 0.29) is 12.3 Å². The molecule has 0 heterocycles. The van der Waals surface area contributed by atoms with Crippen molar-refractivity contribution in [2.24, 2.45) is 0 Å². The fourth-order valence-corrected chi connectivity index (χ4v) is 2.71. The van der Waals surface area contributed by atoms with Crippen LogP contribution < -0.4 is 10.4 Å². The molecule has 1 atom stereocenters. The van der Waals surface area contributed by atoms with E-state index in [1.807, 2.05) is 30.3 Å². The summed E-state index contributed by atoms with van der Waals surface area (Å²) >= 11 is 0.633. The van der Waals surface area contributed by atoms with Crippen LogP contribution in [-0.4, -0.2) is 28.8 Å². The Balaban J connectivity index is 2.11. The minimum absolute atomic E-state index is 0.290. The van der Waals surface area contributed by atoms with E-state index in [0.717, 1.165) is 5.56 Å². The van der Waals surface area contributed by atoms with Crippen LogP contribution >= 0.6 is 11.8 Å². The van der Waals surface area contributed by atoms with Gasteiger partial charge in [-0.15, -0.1) is 0 Å². The number of carboxylic acid groups (broad SMARTS) is 1. The fraction of sp³-hybridized carbons (Fsp3) is 0.167. The summed E-state index contributed by atoms with van der Waals surface area (Å²) in [5.74, 6) is -2.13. The summed E-state index contributed by atoms with van der Waals surface area (Å²) in [4.78, 5) is 35.1. The number of hydrogen-bond acceptors (Lipinski definition) is 5. The van der Waals surface area contributed by atoms with Gasteiger partial charge in [-0.1, -0.05) is 60.3 Å². The average molecular weight is 342 g/mol. The molecule has 24 heavy (non-hydrogen) atoms. The average Bonchev–Trinajstić information content (AvgIpc) is 2.60. The molecule has 2 rings (SSSR count). The molecule has 2 aromatic rings. The van der Waals surface area contributed by atoms with E-state index in [1.165, 1.54) is 0 Å². The number of hydrogen-bond donors (Lipinski definition) is 1. The first-order valence-electron chi connectivity index (χ1n) is 7.32. The number of aliphatic carboxylic acids is 1. The molecule has 0 aliphatic heterocycles. The lowest BCUT2D eigenvalue weighted by Gasteiger charge is -2.17. The van der Waals surface area contributed by atoms with E-state index in [1.54, 1.807) is 30.3 Å². The number of amides is 1. The Kier molecular flexibility index (Phi) is 6.57. The Labute approximate surface area is 144 Å². The van der Waals surface area contributed by atoms with Crippen LogP contribution in [0.1, 0.15) is 15.9 Å². The zero-order chi connectivity index (χ0) is 17.4. The highest BCUT2D eigenvalue weighted by atomic mass is 32.2. The molecule has 5 nitrogen and oxygen atoms in total. The molecule has 0 saturated carbocycles. The molecule has 124 valence electrons. The van der Waals surface area contributed by atoms with Crippen molar-refractivity contribution in [3.05, 3.63) is 71.8 Å². The van der Waals surface area contributed by atoms with Crippen molar-refractivity contribution in [1.29, 1.82) is 0 Å².